The summed E-state index contributed by atoms with van der Waals surface area (Å²) in [6, 6.07) is 0.361. The molecule has 1 unspecified atom stereocenters. The minimum Gasteiger partial charge on any atom is -0.392 e. The summed E-state index contributed by atoms with van der Waals surface area (Å²) in [6.45, 7) is 7.57. The molecule has 0 saturated carbocycles. The van der Waals surface area contributed by atoms with E-state index in [0.717, 1.165) is 24.2 Å². The Morgan fingerprint density at radius 2 is 2.22 bits per heavy atom. The van der Waals surface area contributed by atoms with Crippen LogP contribution in [0, 0.1) is 6.92 Å². The molecule has 0 aromatic carbocycles. The molecule has 1 heterocycles. The predicted octanol–water partition coefficient (Wildman–Crippen LogP) is 1.53. The summed E-state index contributed by atoms with van der Waals surface area (Å²) >= 11 is 0. The Balaban J connectivity index is 2.93. The third kappa shape index (κ3) is 3.65. The highest BCUT2D eigenvalue weighted by molar-refractivity contribution is 5.34. The third-order valence-corrected chi connectivity index (χ3v) is 3.15. The highest BCUT2D eigenvalue weighted by Gasteiger charge is 2.16. The highest BCUT2D eigenvalue weighted by Crippen LogP contribution is 2.15. The van der Waals surface area contributed by atoms with E-state index >= 15 is 0 Å². The molecule has 0 aliphatic carbocycles. The lowest BCUT2D eigenvalue weighted by atomic mass is 10.2. The standard InChI is InChI=1S/C13H23N3O2/c1-5-10(2)16(6-7-18-4)13-14-8-12(9-17)11(3)15-13/h8,10,17H,5-7,9H2,1-4H3. The van der Waals surface area contributed by atoms with Crippen LogP contribution in [-0.4, -0.2) is 41.4 Å². The van der Waals surface area contributed by atoms with Gasteiger partial charge in [-0.15, -0.1) is 0 Å². The summed E-state index contributed by atoms with van der Waals surface area (Å²) in [5.41, 5.74) is 1.60. The lowest BCUT2D eigenvalue weighted by molar-refractivity contribution is 0.203. The second kappa shape index (κ2) is 7.28. The number of methoxy groups -OCH3 is 1. The van der Waals surface area contributed by atoms with E-state index in [0.29, 0.717) is 18.6 Å². The smallest absolute Gasteiger partial charge is 0.225 e. The Morgan fingerprint density at radius 3 is 2.72 bits per heavy atom. The molecule has 0 spiro atoms. The Morgan fingerprint density at radius 1 is 1.50 bits per heavy atom. The van der Waals surface area contributed by atoms with Gasteiger partial charge in [-0.3, -0.25) is 0 Å². The molecule has 1 atom stereocenters. The minimum atomic E-state index is -0.0203. The maximum atomic E-state index is 9.13. The molecule has 1 rings (SSSR count). The van der Waals surface area contributed by atoms with E-state index in [4.69, 9.17) is 9.84 Å². The lowest BCUT2D eigenvalue weighted by Gasteiger charge is -2.28. The topological polar surface area (TPSA) is 58.5 Å². The van der Waals surface area contributed by atoms with Crippen LogP contribution in [-0.2, 0) is 11.3 Å². The maximum absolute atomic E-state index is 9.13. The summed E-state index contributed by atoms with van der Waals surface area (Å²) in [4.78, 5) is 10.9. The summed E-state index contributed by atoms with van der Waals surface area (Å²) in [5, 5.41) is 9.13. The van der Waals surface area contributed by atoms with Gasteiger partial charge in [-0.05, 0) is 20.3 Å². The number of aromatic nitrogens is 2. The Bertz CT molecular complexity index is 371. The summed E-state index contributed by atoms with van der Waals surface area (Å²) in [5.74, 6) is 0.705. The summed E-state index contributed by atoms with van der Waals surface area (Å²) in [7, 11) is 1.69. The fourth-order valence-corrected chi connectivity index (χ4v) is 1.70. The molecule has 1 N–H and O–H groups in total. The number of nitrogens with zero attached hydrogens (tertiary/aromatic N) is 3. The van der Waals surface area contributed by atoms with Crippen LogP contribution in [0.1, 0.15) is 31.5 Å². The van der Waals surface area contributed by atoms with Crippen LogP contribution in [0.4, 0.5) is 5.95 Å². The van der Waals surface area contributed by atoms with Crippen LogP contribution < -0.4 is 4.90 Å². The number of aliphatic hydroxyl groups excluding tert-OH is 1. The van der Waals surface area contributed by atoms with E-state index in [9.17, 15) is 0 Å². The van der Waals surface area contributed by atoms with Gasteiger partial charge in [-0.2, -0.15) is 0 Å². The SMILES string of the molecule is CCC(C)N(CCOC)c1ncc(CO)c(C)n1. The van der Waals surface area contributed by atoms with Crippen LogP contribution in [0.25, 0.3) is 0 Å². The molecule has 1 aromatic rings. The second-order valence-electron chi connectivity index (χ2n) is 4.38. The first-order valence-electron chi connectivity index (χ1n) is 6.33. The molecule has 0 aliphatic heterocycles. The molecule has 0 saturated heterocycles. The fourth-order valence-electron chi connectivity index (χ4n) is 1.70. The van der Waals surface area contributed by atoms with Crippen molar-refractivity contribution in [1.82, 2.24) is 9.97 Å². The van der Waals surface area contributed by atoms with Crippen molar-refractivity contribution in [3.8, 4) is 0 Å². The highest BCUT2D eigenvalue weighted by atomic mass is 16.5. The zero-order chi connectivity index (χ0) is 13.5. The van der Waals surface area contributed by atoms with Crippen LogP contribution in [0.15, 0.2) is 6.20 Å². The molecule has 102 valence electrons. The zero-order valence-corrected chi connectivity index (χ0v) is 11.7. The van der Waals surface area contributed by atoms with Crippen molar-refractivity contribution in [2.45, 2.75) is 39.8 Å². The van der Waals surface area contributed by atoms with E-state index < -0.39 is 0 Å². The number of ether oxygens (including phenoxy) is 1. The first kappa shape index (κ1) is 14.9. The number of aliphatic hydroxyl groups is 1. The Labute approximate surface area is 109 Å². The normalized spacial score (nSPS) is 12.5. The van der Waals surface area contributed by atoms with Gasteiger partial charge in [0.1, 0.15) is 0 Å². The largest absolute Gasteiger partial charge is 0.392 e. The van der Waals surface area contributed by atoms with Gasteiger partial charge in [0.2, 0.25) is 5.95 Å². The van der Waals surface area contributed by atoms with Crippen LogP contribution in [0.5, 0.6) is 0 Å². The quantitative estimate of drug-likeness (QED) is 0.798. The average Bonchev–Trinajstić information content (AvgIpc) is 2.39. The van der Waals surface area contributed by atoms with Crippen molar-refractivity contribution in [3.63, 3.8) is 0 Å². The zero-order valence-electron chi connectivity index (χ0n) is 11.7. The summed E-state index contributed by atoms with van der Waals surface area (Å²) < 4.78 is 5.13. The van der Waals surface area contributed by atoms with E-state index in [-0.39, 0.29) is 6.61 Å². The number of hydrogen-bond acceptors (Lipinski definition) is 5. The van der Waals surface area contributed by atoms with Gasteiger partial charge < -0.3 is 14.7 Å². The number of rotatable bonds is 7. The van der Waals surface area contributed by atoms with E-state index in [1.54, 1.807) is 13.3 Å². The number of hydrogen-bond donors (Lipinski definition) is 1. The molecule has 5 nitrogen and oxygen atoms in total. The molecule has 0 bridgehead atoms. The molecule has 0 fully saturated rings. The molecule has 0 aliphatic rings. The molecular formula is C13H23N3O2. The summed E-state index contributed by atoms with van der Waals surface area (Å²) in [6.07, 6.45) is 2.72. The Hall–Kier alpha value is -1.20. The average molecular weight is 253 g/mol. The maximum Gasteiger partial charge on any atom is 0.225 e. The minimum absolute atomic E-state index is 0.0203. The van der Waals surface area contributed by atoms with Crippen molar-refractivity contribution in [1.29, 1.82) is 0 Å². The number of anilines is 1. The third-order valence-electron chi connectivity index (χ3n) is 3.15. The van der Waals surface area contributed by atoms with Gasteiger partial charge >= 0.3 is 0 Å². The molecule has 1 aromatic heterocycles. The van der Waals surface area contributed by atoms with E-state index in [2.05, 4.69) is 28.7 Å². The van der Waals surface area contributed by atoms with E-state index in [1.807, 2.05) is 6.92 Å². The molecule has 18 heavy (non-hydrogen) atoms. The monoisotopic (exact) mass is 253 g/mol. The Kier molecular flexibility index (Phi) is 6.01. The molecular weight excluding hydrogens is 230 g/mol. The van der Waals surface area contributed by atoms with Crippen molar-refractivity contribution in [3.05, 3.63) is 17.5 Å². The predicted molar refractivity (Wildman–Crippen MR) is 71.7 cm³/mol. The van der Waals surface area contributed by atoms with Crippen molar-refractivity contribution < 1.29 is 9.84 Å². The second-order valence-corrected chi connectivity index (χ2v) is 4.38. The van der Waals surface area contributed by atoms with Crippen molar-refractivity contribution >= 4 is 5.95 Å². The molecule has 0 radical (unpaired) electrons. The molecule has 5 heteroatoms. The van der Waals surface area contributed by atoms with Gasteiger partial charge in [0.25, 0.3) is 0 Å². The van der Waals surface area contributed by atoms with Gasteiger partial charge in [0.15, 0.2) is 0 Å². The van der Waals surface area contributed by atoms with Gasteiger partial charge in [-0.1, -0.05) is 6.92 Å². The van der Waals surface area contributed by atoms with Crippen molar-refractivity contribution in [2.75, 3.05) is 25.2 Å². The van der Waals surface area contributed by atoms with E-state index in [1.165, 1.54) is 0 Å². The van der Waals surface area contributed by atoms with Crippen LogP contribution in [0.2, 0.25) is 0 Å². The van der Waals surface area contributed by atoms with Crippen molar-refractivity contribution in [2.24, 2.45) is 0 Å². The lowest BCUT2D eigenvalue weighted by Crippen LogP contribution is -2.37. The van der Waals surface area contributed by atoms with Gasteiger partial charge in [0.05, 0.1) is 13.2 Å². The molecule has 0 amide bonds. The van der Waals surface area contributed by atoms with Gasteiger partial charge in [-0.25, -0.2) is 9.97 Å². The van der Waals surface area contributed by atoms with Gasteiger partial charge in [0, 0.05) is 37.2 Å². The number of aryl methyl sites for hydroxylation is 1. The van der Waals surface area contributed by atoms with Crippen LogP contribution in [0.3, 0.4) is 0 Å². The van der Waals surface area contributed by atoms with Crippen LogP contribution >= 0.6 is 0 Å². The first-order chi connectivity index (χ1) is 8.63. The fraction of sp³-hybridized carbons (Fsp3) is 0.692. The first-order valence-corrected chi connectivity index (χ1v) is 6.33.